The van der Waals surface area contributed by atoms with Gasteiger partial charge in [0.2, 0.25) is 0 Å². The Labute approximate surface area is 124 Å². The van der Waals surface area contributed by atoms with E-state index in [0.717, 1.165) is 12.8 Å². The van der Waals surface area contributed by atoms with Crippen molar-refractivity contribution in [2.75, 3.05) is 26.7 Å². The summed E-state index contributed by atoms with van der Waals surface area (Å²) >= 11 is 0. The fourth-order valence-corrected chi connectivity index (χ4v) is 2.82. The molecule has 0 spiro atoms. The van der Waals surface area contributed by atoms with Gasteiger partial charge in [0.1, 0.15) is 5.83 Å². The molecule has 1 aliphatic carbocycles. The summed E-state index contributed by atoms with van der Waals surface area (Å²) in [5.74, 6) is -3.35. The van der Waals surface area contributed by atoms with E-state index in [2.05, 4.69) is 5.32 Å². The van der Waals surface area contributed by atoms with Gasteiger partial charge >= 0.3 is 0 Å². The molecule has 0 amide bonds. The monoisotopic (exact) mass is 300 g/mol. The quantitative estimate of drug-likeness (QED) is 0.855. The Morgan fingerprint density at radius 3 is 2.57 bits per heavy atom. The highest BCUT2D eigenvalue weighted by Crippen LogP contribution is 2.31. The zero-order valence-electron chi connectivity index (χ0n) is 12.6. The van der Waals surface area contributed by atoms with E-state index in [4.69, 9.17) is 0 Å². The molecule has 21 heavy (non-hydrogen) atoms. The van der Waals surface area contributed by atoms with Crippen molar-refractivity contribution >= 4 is 0 Å². The van der Waals surface area contributed by atoms with Gasteiger partial charge in [-0.05, 0) is 64.0 Å². The van der Waals surface area contributed by atoms with Gasteiger partial charge < -0.3 is 5.32 Å². The third-order valence-electron chi connectivity index (χ3n) is 4.22. The van der Waals surface area contributed by atoms with Gasteiger partial charge in [0.15, 0.2) is 0 Å². The van der Waals surface area contributed by atoms with Gasteiger partial charge in [-0.2, -0.15) is 8.78 Å². The summed E-state index contributed by atoms with van der Waals surface area (Å²) in [4.78, 5) is 1.80. The highest BCUT2D eigenvalue weighted by atomic mass is 19.3. The van der Waals surface area contributed by atoms with Crippen LogP contribution in [0.5, 0.6) is 0 Å². The van der Waals surface area contributed by atoms with Gasteiger partial charge in [-0.1, -0.05) is 6.08 Å². The second-order valence-corrected chi connectivity index (χ2v) is 5.82. The molecular formula is C16H23F3N2. The molecule has 1 saturated heterocycles. The van der Waals surface area contributed by atoms with Crippen molar-refractivity contribution in [1.29, 1.82) is 0 Å². The zero-order valence-corrected chi connectivity index (χ0v) is 12.6. The molecule has 0 aromatic rings. The van der Waals surface area contributed by atoms with Crippen LogP contribution >= 0.6 is 0 Å². The number of allylic oxidation sites excluding steroid dienone is 5. The maximum atomic E-state index is 14.4. The van der Waals surface area contributed by atoms with Gasteiger partial charge in [0.05, 0.1) is 6.54 Å². The largest absolute Gasteiger partial charge is 0.317 e. The van der Waals surface area contributed by atoms with Crippen LogP contribution in [0.1, 0.15) is 26.2 Å². The van der Waals surface area contributed by atoms with E-state index < -0.39 is 11.7 Å². The Hall–Kier alpha value is -1.07. The smallest absolute Gasteiger partial charge is 0.285 e. The first kappa shape index (κ1) is 16.3. The first-order valence-corrected chi connectivity index (χ1v) is 7.45. The van der Waals surface area contributed by atoms with Crippen LogP contribution in [0.15, 0.2) is 35.2 Å². The van der Waals surface area contributed by atoms with E-state index >= 15 is 0 Å². The Morgan fingerprint density at radius 1 is 1.29 bits per heavy atom. The molecule has 0 saturated carbocycles. The number of alkyl halides is 2. The molecule has 0 aromatic heterocycles. The molecule has 118 valence electrons. The number of hydrogen-bond donors (Lipinski definition) is 1. The van der Waals surface area contributed by atoms with Crippen LogP contribution in [0.3, 0.4) is 0 Å². The van der Waals surface area contributed by atoms with E-state index in [1.165, 1.54) is 25.2 Å². The van der Waals surface area contributed by atoms with Crippen molar-refractivity contribution in [3.05, 3.63) is 35.2 Å². The van der Waals surface area contributed by atoms with Gasteiger partial charge in [-0.15, -0.1) is 0 Å². The standard InChI is InChI=1S/C16H23F3N2/c1-12-10-13(4-3-5-15(12)17)16(18,19)11-21-8-6-14(20-2)7-9-21/h4-5,10,14,20H,3,6-9,11H2,1-2H3. The average molecular weight is 300 g/mol. The van der Waals surface area contributed by atoms with Crippen molar-refractivity contribution in [1.82, 2.24) is 10.2 Å². The van der Waals surface area contributed by atoms with Crippen molar-refractivity contribution in [3.63, 3.8) is 0 Å². The molecule has 1 aliphatic heterocycles. The first-order chi connectivity index (χ1) is 9.92. The topological polar surface area (TPSA) is 15.3 Å². The molecule has 1 N–H and O–H groups in total. The molecule has 2 rings (SSSR count). The van der Waals surface area contributed by atoms with Crippen molar-refractivity contribution in [2.24, 2.45) is 0 Å². The number of hydrogen-bond acceptors (Lipinski definition) is 2. The minimum Gasteiger partial charge on any atom is -0.317 e. The molecule has 2 aliphatic rings. The molecular weight excluding hydrogens is 277 g/mol. The molecule has 0 aromatic carbocycles. The Bertz CT molecular complexity index is 458. The molecule has 0 bridgehead atoms. The Kier molecular flexibility index (Phi) is 5.27. The van der Waals surface area contributed by atoms with Crippen LogP contribution in [0.25, 0.3) is 0 Å². The van der Waals surface area contributed by atoms with E-state index in [1.807, 2.05) is 7.05 Å². The molecule has 2 nitrogen and oxygen atoms in total. The normalized spacial score (nSPS) is 22.4. The fourth-order valence-electron chi connectivity index (χ4n) is 2.82. The SMILES string of the molecule is CNC1CCN(CC(F)(F)C2=CCC=C(F)C(C)=C2)CC1. The van der Waals surface area contributed by atoms with Crippen LogP contribution in [0, 0.1) is 0 Å². The number of nitrogens with one attached hydrogen (secondary N) is 1. The average Bonchev–Trinajstić information content (AvgIpc) is 2.62. The number of likely N-dealkylation sites (tertiary alicyclic amines) is 1. The van der Waals surface area contributed by atoms with Gasteiger partial charge in [0, 0.05) is 11.6 Å². The third-order valence-corrected chi connectivity index (χ3v) is 4.22. The van der Waals surface area contributed by atoms with E-state index in [1.54, 1.807) is 4.90 Å². The third kappa shape index (κ3) is 4.20. The summed E-state index contributed by atoms with van der Waals surface area (Å²) in [6.07, 6.45) is 6.03. The summed E-state index contributed by atoms with van der Waals surface area (Å²) in [7, 11) is 1.90. The van der Waals surface area contributed by atoms with Crippen LogP contribution in [-0.4, -0.2) is 43.5 Å². The van der Waals surface area contributed by atoms with Crippen LogP contribution < -0.4 is 5.32 Å². The molecule has 5 heteroatoms. The minimum atomic E-state index is -2.94. The fraction of sp³-hybridized carbons (Fsp3) is 0.625. The van der Waals surface area contributed by atoms with Crippen molar-refractivity contribution < 1.29 is 13.2 Å². The summed E-state index contributed by atoms with van der Waals surface area (Å²) in [5.41, 5.74) is 0.201. The summed E-state index contributed by atoms with van der Waals surface area (Å²) in [6, 6.07) is 0.424. The van der Waals surface area contributed by atoms with Crippen molar-refractivity contribution in [3.8, 4) is 0 Å². The lowest BCUT2D eigenvalue weighted by Gasteiger charge is -2.34. The first-order valence-electron chi connectivity index (χ1n) is 7.45. The van der Waals surface area contributed by atoms with E-state index in [-0.39, 0.29) is 24.1 Å². The molecule has 0 atom stereocenters. The van der Waals surface area contributed by atoms with Crippen LogP contribution in [0.4, 0.5) is 13.2 Å². The lowest BCUT2D eigenvalue weighted by molar-refractivity contribution is -0.00181. The van der Waals surface area contributed by atoms with Gasteiger partial charge in [-0.3, -0.25) is 4.90 Å². The maximum Gasteiger partial charge on any atom is 0.285 e. The van der Waals surface area contributed by atoms with E-state index in [9.17, 15) is 13.2 Å². The number of rotatable bonds is 4. The highest BCUT2D eigenvalue weighted by molar-refractivity contribution is 5.39. The second kappa shape index (κ2) is 6.79. The summed E-state index contributed by atoms with van der Waals surface area (Å²) in [5, 5.41) is 3.19. The lowest BCUT2D eigenvalue weighted by atomic mass is 10.0. The Balaban J connectivity index is 2.00. The maximum absolute atomic E-state index is 14.4. The number of piperidine rings is 1. The number of nitrogens with zero attached hydrogens (tertiary/aromatic N) is 1. The number of halogens is 3. The lowest BCUT2D eigenvalue weighted by Crippen LogP contribution is -2.46. The molecule has 1 fully saturated rings. The second-order valence-electron chi connectivity index (χ2n) is 5.82. The molecule has 0 unspecified atom stereocenters. The van der Waals surface area contributed by atoms with Gasteiger partial charge in [-0.25, -0.2) is 4.39 Å². The predicted molar refractivity (Wildman–Crippen MR) is 79.1 cm³/mol. The van der Waals surface area contributed by atoms with Crippen LogP contribution in [-0.2, 0) is 0 Å². The zero-order chi connectivity index (χ0) is 15.5. The van der Waals surface area contributed by atoms with E-state index in [0.29, 0.717) is 19.1 Å². The summed E-state index contributed by atoms with van der Waals surface area (Å²) in [6.45, 7) is 2.58. The van der Waals surface area contributed by atoms with Gasteiger partial charge in [0.25, 0.3) is 5.92 Å². The highest BCUT2D eigenvalue weighted by Gasteiger charge is 2.36. The minimum absolute atomic E-state index is 0.0698. The molecule has 0 radical (unpaired) electrons. The molecule has 1 heterocycles. The summed E-state index contributed by atoms with van der Waals surface area (Å²) < 4.78 is 42.3. The van der Waals surface area contributed by atoms with Crippen molar-refractivity contribution in [2.45, 2.75) is 38.2 Å². The predicted octanol–water partition coefficient (Wildman–Crippen LogP) is 3.44. The van der Waals surface area contributed by atoms with Crippen LogP contribution in [0.2, 0.25) is 0 Å². The Morgan fingerprint density at radius 2 is 1.95 bits per heavy atom.